The molecule has 0 saturated carbocycles. The van der Waals surface area contributed by atoms with Crippen LogP contribution in [0.5, 0.6) is 11.5 Å². The molecule has 0 amide bonds. The average molecular weight is 350 g/mol. The zero-order valence-corrected chi connectivity index (χ0v) is 13.0. The first-order valence-corrected chi connectivity index (χ1v) is 7.27. The highest BCUT2D eigenvalue weighted by Crippen LogP contribution is 2.42. The molecule has 4 nitrogen and oxygen atoms in total. The van der Waals surface area contributed by atoms with Gasteiger partial charge < -0.3 is 14.6 Å². The maximum atomic E-state index is 13.1. The van der Waals surface area contributed by atoms with Crippen LogP contribution >= 0.6 is 0 Å². The number of benzene rings is 2. The van der Waals surface area contributed by atoms with Gasteiger partial charge in [0.1, 0.15) is 11.5 Å². The number of hydrogen-bond acceptors (Lipinski definition) is 3. The lowest BCUT2D eigenvalue weighted by atomic mass is 9.96. The molecular weight excluding hydrogens is 337 g/mol. The Balaban J connectivity index is 2.17. The first kappa shape index (κ1) is 16.9. The van der Waals surface area contributed by atoms with E-state index in [0.717, 1.165) is 11.6 Å². The summed E-state index contributed by atoms with van der Waals surface area (Å²) in [6.45, 7) is 0. The van der Waals surface area contributed by atoms with Gasteiger partial charge >= 0.3 is 12.1 Å². The highest BCUT2D eigenvalue weighted by atomic mass is 19.4. The third-order valence-corrected chi connectivity index (χ3v) is 3.80. The molecule has 0 saturated heterocycles. The van der Waals surface area contributed by atoms with Crippen molar-refractivity contribution in [3.63, 3.8) is 0 Å². The monoisotopic (exact) mass is 350 g/mol. The summed E-state index contributed by atoms with van der Waals surface area (Å²) in [5.74, 6) is -1.42. The van der Waals surface area contributed by atoms with E-state index in [1.807, 2.05) is 30.3 Å². The molecule has 1 atom stereocenters. The van der Waals surface area contributed by atoms with Gasteiger partial charge in [0.2, 0.25) is 6.10 Å². The molecule has 0 aliphatic carbocycles. The fraction of sp³-hybridized carbons (Fsp3) is 0.167. The Morgan fingerprint density at radius 1 is 1.20 bits per heavy atom. The molecule has 130 valence electrons. The third kappa shape index (κ3) is 3.17. The minimum absolute atomic E-state index is 0.0798. The molecule has 3 rings (SSSR count). The maximum absolute atomic E-state index is 13.1. The zero-order chi connectivity index (χ0) is 18.2. The number of hydrogen-bond donors (Lipinski definition) is 1. The predicted octanol–water partition coefficient (Wildman–Crippen LogP) is 4.15. The van der Waals surface area contributed by atoms with Crippen molar-refractivity contribution in [2.45, 2.75) is 12.3 Å². The average Bonchev–Trinajstić information content (AvgIpc) is 2.59. The van der Waals surface area contributed by atoms with Crippen molar-refractivity contribution >= 4 is 12.0 Å². The SMILES string of the molecule is COc1cc2c(cc1-c1ccccc1)C=C(C(=O)O)C(C(F)(F)F)O2. The van der Waals surface area contributed by atoms with E-state index >= 15 is 0 Å². The summed E-state index contributed by atoms with van der Waals surface area (Å²) in [5.41, 5.74) is 0.795. The van der Waals surface area contributed by atoms with Crippen LogP contribution in [0.25, 0.3) is 17.2 Å². The largest absolute Gasteiger partial charge is 0.496 e. The molecule has 1 aliphatic rings. The molecule has 7 heteroatoms. The minimum Gasteiger partial charge on any atom is -0.496 e. The standard InChI is InChI=1S/C18H13F3O4/c1-24-15-9-14-11(7-12(15)10-5-3-2-4-6-10)8-13(17(22)23)16(25-14)18(19,20)21/h2-9,16H,1H3,(H,22,23). The van der Waals surface area contributed by atoms with Gasteiger partial charge in [0.25, 0.3) is 0 Å². The summed E-state index contributed by atoms with van der Waals surface area (Å²) in [5, 5.41) is 9.11. The minimum atomic E-state index is -4.84. The first-order valence-electron chi connectivity index (χ1n) is 7.27. The molecule has 1 heterocycles. The summed E-state index contributed by atoms with van der Waals surface area (Å²) in [4.78, 5) is 11.2. The van der Waals surface area contributed by atoms with E-state index < -0.39 is 23.8 Å². The Hall–Kier alpha value is -2.96. The van der Waals surface area contributed by atoms with Crippen LogP contribution in [0, 0.1) is 0 Å². The van der Waals surface area contributed by atoms with Gasteiger partial charge in [-0.25, -0.2) is 4.79 Å². The second-order valence-corrected chi connectivity index (χ2v) is 5.40. The van der Waals surface area contributed by atoms with Crippen molar-refractivity contribution in [2.24, 2.45) is 0 Å². The number of aliphatic carboxylic acids is 1. The molecule has 0 radical (unpaired) electrons. The molecule has 0 bridgehead atoms. The Morgan fingerprint density at radius 2 is 1.88 bits per heavy atom. The van der Waals surface area contributed by atoms with Crippen molar-refractivity contribution in [2.75, 3.05) is 7.11 Å². The predicted molar refractivity (Wildman–Crippen MR) is 84.5 cm³/mol. The summed E-state index contributed by atoms with van der Waals surface area (Å²) >= 11 is 0. The van der Waals surface area contributed by atoms with E-state index in [9.17, 15) is 18.0 Å². The summed E-state index contributed by atoms with van der Waals surface area (Å²) in [6, 6.07) is 12.0. The van der Waals surface area contributed by atoms with E-state index in [1.54, 1.807) is 6.07 Å². The lowest BCUT2D eigenvalue weighted by Gasteiger charge is -2.27. The van der Waals surface area contributed by atoms with Crippen LogP contribution in [0.15, 0.2) is 48.0 Å². The van der Waals surface area contributed by atoms with Crippen molar-refractivity contribution in [3.8, 4) is 22.6 Å². The number of carbonyl (C=O) groups is 1. The Kier molecular flexibility index (Phi) is 4.16. The highest BCUT2D eigenvalue weighted by Gasteiger charge is 2.48. The number of fused-ring (bicyclic) bond motifs is 1. The van der Waals surface area contributed by atoms with E-state index in [4.69, 9.17) is 14.6 Å². The van der Waals surface area contributed by atoms with Gasteiger partial charge in [0.15, 0.2) is 0 Å². The lowest BCUT2D eigenvalue weighted by Crippen LogP contribution is -2.40. The van der Waals surface area contributed by atoms with E-state index in [1.165, 1.54) is 13.2 Å². The maximum Gasteiger partial charge on any atom is 0.430 e. The number of carboxylic acids is 1. The van der Waals surface area contributed by atoms with Gasteiger partial charge in [-0.15, -0.1) is 0 Å². The second-order valence-electron chi connectivity index (χ2n) is 5.40. The highest BCUT2D eigenvalue weighted by molar-refractivity contribution is 5.95. The smallest absolute Gasteiger partial charge is 0.430 e. The Morgan fingerprint density at radius 3 is 2.44 bits per heavy atom. The van der Waals surface area contributed by atoms with Crippen LogP contribution in [0.4, 0.5) is 13.2 Å². The van der Waals surface area contributed by atoms with Crippen LogP contribution < -0.4 is 9.47 Å². The van der Waals surface area contributed by atoms with Crippen molar-refractivity contribution < 1.29 is 32.5 Å². The third-order valence-electron chi connectivity index (χ3n) is 3.80. The molecule has 0 spiro atoms. The van der Waals surface area contributed by atoms with Crippen LogP contribution in [0.1, 0.15) is 5.56 Å². The molecule has 1 unspecified atom stereocenters. The van der Waals surface area contributed by atoms with Crippen molar-refractivity contribution in [3.05, 3.63) is 53.6 Å². The summed E-state index contributed by atoms with van der Waals surface area (Å²) < 4.78 is 49.5. The van der Waals surface area contributed by atoms with Crippen LogP contribution in [0.3, 0.4) is 0 Å². The molecular formula is C18H13F3O4. The molecule has 1 aliphatic heterocycles. The Bertz CT molecular complexity index is 841. The van der Waals surface area contributed by atoms with Gasteiger partial charge in [-0.1, -0.05) is 30.3 Å². The van der Waals surface area contributed by atoms with Gasteiger partial charge in [-0.2, -0.15) is 13.2 Å². The summed E-state index contributed by atoms with van der Waals surface area (Å²) in [7, 11) is 1.40. The summed E-state index contributed by atoms with van der Waals surface area (Å²) in [6.07, 6.45) is -6.37. The number of ether oxygens (including phenoxy) is 2. The number of carboxylic acid groups (broad SMARTS) is 1. The van der Waals surface area contributed by atoms with Crippen molar-refractivity contribution in [1.82, 2.24) is 0 Å². The quantitative estimate of drug-likeness (QED) is 0.903. The molecule has 2 aromatic carbocycles. The first-order chi connectivity index (χ1) is 11.8. The number of halogens is 3. The topological polar surface area (TPSA) is 55.8 Å². The fourth-order valence-electron chi connectivity index (χ4n) is 2.66. The van der Waals surface area contributed by atoms with E-state index in [0.29, 0.717) is 11.3 Å². The zero-order valence-electron chi connectivity index (χ0n) is 13.0. The van der Waals surface area contributed by atoms with Gasteiger partial charge in [-0.3, -0.25) is 0 Å². The molecule has 25 heavy (non-hydrogen) atoms. The normalized spacial score (nSPS) is 16.5. The van der Waals surface area contributed by atoms with Gasteiger partial charge in [-0.05, 0) is 17.7 Å². The number of methoxy groups -OCH3 is 1. The van der Waals surface area contributed by atoms with E-state index in [2.05, 4.69) is 0 Å². The number of rotatable bonds is 3. The van der Waals surface area contributed by atoms with Gasteiger partial charge in [0, 0.05) is 17.2 Å². The lowest BCUT2D eigenvalue weighted by molar-refractivity contribution is -0.187. The number of alkyl halides is 3. The van der Waals surface area contributed by atoms with Crippen LogP contribution in [-0.4, -0.2) is 30.5 Å². The van der Waals surface area contributed by atoms with Crippen LogP contribution in [-0.2, 0) is 4.79 Å². The van der Waals surface area contributed by atoms with E-state index in [-0.39, 0.29) is 11.3 Å². The van der Waals surface area contributed by atoms with Crippen LogP contribution in [0.2, 0.25) is 0 Å². The molecule has 0 fully saturated rings. The second kappa shape index (κ2) is 6.16. The molecule has 2 aromatic rings. The fourth-order valence-corrected chi connectivity index (χ4v) is 2.66. The Labute approximate surface area is 141 Å². The molecule has 0 aromatic heterocycles. The van der Waals surface area contributed by atoms with Gasteiger partial charge in [0.05, 0.1) is 12.7 Å². The molecule has 1 N–H and O–H groups in total. The van der Waals surface area contributed by atoms with Crippen molar-refractivity contribution in [1.29, 1.82) is 0 Å².